The number of allylic oxidation sites excluding steroid dienone is 4. The highest BCUT2D eigenvalue weighted by Crippen LogP contribution is 2.36. The van der Waals surface area contributed by atoms with Crippen molar-refractivity contribution in [2.45, 2.75) is 38.8 Å². The minimum absolute atomic E-state index is 0.00225. The number of para-hydroxylation sites is 1. The molecule has 1 aliphatic heterocycles. The van der Waals surface area contributed by atoms with E-state index in [0.29, 0.717) is 11.1 Å². The summed E-state index contributed by atoms with van der Waals surface area (Å²) in [5, 5.41) is 1.10. The zero-order chi connectivity index (χ0) is 38.2. The summed E-state index contributed by atoms with van der Waals surface area (Å²) in [7, 11) is -4.27. The van der Waals surface area contributed by atoms with Crippen molar-refractivity contribution in [1.29, 1.82) is 0 Å². The van der Waals surface area contributed by atoms with Crippen LogP contribution in [0.4, 0.5) is 5.69 Å². The van der Waals surface area contributed by atoms with Gasteiger partial charge < -0.3 is 9.45 Å². The van der Waals surface area contributed by atoms with Crippen LogP contribution in [-0.2, 0) is 23.2 Å². The molecule has 7 nitrogen and oxygen atoms in total. The summed E-state index contributed by atoms with van der Waals surface area (Å²) in [4.78, 5) is 16.9. The molecule has 54 heavy (non-hydrogen) atoms. The van der Waals surface area contributed by atoms with Crippen molar-refractivity contribution in [1.82, 2.24) is 4.57 Å². The van der Waals surface area contributed by atoms with Gasteiger partial charge in [0, 0.05) is 36.1 Å². The summed E-state index contributed by atoms with van der Waals surface area (Å²) in [6.07, 6.45) is 12.2. The Morgan fingerprint density at radius 2 is 1.48 bits per heavy atom. The first kappa shape index (κ1) is 38.3. The highest BCUT2D eigenvalue weighted by molar-refractivity contribution is 7.85. The van der Waals surface area contributed by atoms with Crippen molar-refractivity contribution in [2.24, 2.45) is 0 Å². The molecule has 274 valence electrons. The van der Waals surface area contributed by atoms with Gasteiger partial charge in [-0.25, -0.2) is 8.42 Å². The summed E-state index contributed by atoms with van der Waals surface area (Å²) in [6.45, 7) is 12.2. The van der Waals surface area contributed by atoms with Crippen LogP contribution in [0.5, 0.6) is 0 Å². The second kappa shape index (κ2) is 17.2. The van der Waals surface area contributed by atoms with E-state index in [1.165, 1.54) is 56.4 Å². The standard InChI is InChI=1S/C37H34N3OS2.C7H8O3S/c1-4-24-40-34(42-32(37(40)41)22-21-27-23-25-38(5-2)31-20-14-13-19-30(27)31)26-33-39(6-3)35(28-15-9-7-10-16-28)36(43-33)29-17-11-8-12-18-29;1-6-2-4-7(5-3-6)11(8,9)10/h4,7-23,25-26H,1,5-6,24H2,2-3H3;2-5H,1H3,(H,8,9,10)/q+1;/p-1/b27-21-,32-22+;. The van der Waals surface area contributed by atoms with E-state index in [2.05, 4.69) is 139 Å². The molecule has 0 aliphatic carbocycles. The molecule has 0 N–H and O–H groups in total. The molecule has 0 saturated heterocycles. The van der Waals surface area contributed by atoms with Crippen molar-refractivity contribution in [3.63, 3.8) is 0 Å². The average molecular weight is 772 g/mol. The molecular weight excluding hydrogens is 731 g/mol. The summed E-state index contributed by atoms with van der Waals surface area (Å²) in [5.74, 6) is 0. The van der Waals surface area contributed by atoms with E-state index in [0.717, 1.165) is 33.9 Å². The van der Waals surface area contributed by atoms with Crippen molar-refractivity contribution in [3.05, 3.63) is 176 Å². The molecule has 4 aromatic carbocycles. The van der Waals surface area contributed by atoms with Gasteiger partial charge in [0.15, 0.2) is 0 Å². The first-order chi connectivity index (χ1) is 26.1. The van der Waals surface area contributed by atoms with Gasteiger partial charge in [-0.3, -0.25) is 9.36 Å². The van der Waals surface area contributed by atoms with Crippen LogP contribution in [0.25, 0.3) is 39.4 Å². The van der Waals surface area contributed by atoms with Crippen LogP contribution in [0.3, 0.4) is 0 Å². The number of aromatic nitrogens is 2. The first-order valence-electron chi connectivity index (χ1n) is 17.6. The SMILES string of the molecule is C=CCn1c(=O)/c(=C\C=C2\C=CN(CC)c3ccccc32)s/c1=C\c1sc(-c2ccccc2)c(-c2ccccc2)[n+]1CC.Cc1ccc(S(=O)(=O)[O-])cc1. The molecule has 7 rings (SSSR count). The Morgan fingerprint density at radius 1 is 0.833 bits per heavy atom. The molecule has 3 heterocycles. The monoisotopic (exact) mass is 771 g/mol. The maximum Gasteiger partial charge on any atom is 0.269 e. The predicted molar refractivity (Wildman–Crippen MR) is 223 cm³/mol. The van der Waals surface area contributed by atoms with E-state index in [4.69, 9.17) is 0 Å². The van der Waals surface area contributed by atoms with Gasteiger partial charge >= 0.3 is 0 Å². The minimum atomic E-state index is -4.27. The number of rotatable bonds is 9. The number of hydrogen-bond acceptors (Lipinski definition) is 7. The van der Waals surface area contributed by atoms with Gasteiger partial charge in [-0.05, 0) is 74.4 Å². The topological polar surface area (TPSA) is 86.3 Å². The van der Waals surface area contributed by atoms with Gasteiger partial charge in [-0.2, -0.15) is 4.57 Å². The van der Waals surface area contributed by atoms with Crippen LogP contribution >= 0.6 is 22.7 Å². The molecule has 0 atom stereocenters. The maximum atomic E-state index is 13.7. The summed E-state index contributed by atoms with van der Waals surface area (Å²) in [5.41, 5.74) is 7.93. The third-order valence-electron chi connectivity index (χ3n) is 8.88. The number of nitrogens with zero attached hydrogens (tertiary/aromatic N) is 3. The lowest BCUT2D eigenvalue weighted by Gasteiger charge is -2.26. The fourth-order valence-corrected chi connectivity index (χ4v) is 9.03. The molecule has 0 spiro atoms. The molecule has 0 bridgehead atoms. The quantitative estimate of drug-likeness (QED) is 0.0854. The molecule has 0 saturated carbocycles. The highest BCUT2D eigenvalue weighted by Gasteiger charge is 2.27. The van der Waals surface area contributed by atoms with Crippen LogP contribution in [0.2, 0.25) is 0 Å². The highest BCUT2D eigenvalue weighted by atomic mass is 32.2. The Labute approximate surface area is 324 Å². The fraction of sp³-hybridized carbons (Fsp3) is 0.136. The molecule has 10 heteroatoms. The lowest BCUT2D eigenvalue weighted by atomic mass is 9.99. The molecule has 0 amide bonds. The summed E-state index contributed by atoms with van der Waals surface area (Å²) in [6, 6.07) is 35.3. The summed E-state index contributed by atoms with van der Waals surface area (Å²) >= 11 is 3.29. The van der Waals surface area contributed by atoms with Gasteiger partial charge in [0.2, 0.25) is 5.69 Å². The van der Waals surface area contributed by atoms with E-state index in [9.17, 15) is 17.8 Å². The zero-order valence-electron chi connectivity index (χ0n) is 30.4. The predicted octanol–water partition coefficient (Wildman–Crippen LogP) is 7.74. The molecule has 0 unspecified atom stereocenters. The van der Waals surface area contributed by atoms with Crippen LogP contribution in [0.15, 0.2) is 150 Å². The van der Waals surface area contributed by atoms with E-state index in [-0.39, 0.29) is 10.5 Å². The van der Waals surface area contributed by atoms with Gasteiger partial charge in [-0.15, -0.1) is 17.9 Å². The van der Waals surface area contributed by atoms with Gasteiger partial charge in [-0.1, -0.05) is 108 Å². The fourth-order valence-electron chi connectivity index (χ4n) is 6.20. The number of fused-ring (bicyclic) bond motifs is 1. The van der Waals surface area contributed by atoms with Crippen molar-refractivity contribution >= 4 is 56.2 Å². The second-order valence-electron chi connectivity index (χ2n) is 12.4. The van der Waals surface area contributed by atoms with Gasteiger partial charge in [0.1, 0.15) is 26.2 Å². The number of thiazole rings is 2. The van der Waals surface area contributed by atoms with E-state index in [1.807, 2.05) is 17.6 Å². The third-order valence-corrected chi connectivity index (χ3v) is 12.0. The molecular formula is C44H41N3O4S3. The molecule has 1 aliphatic rings. The van der Waals surface area contributed by atoms with Crippen LogP contribution < -0.4 is 24.2 Å². The maximum absolute atomic E-state index is 13.7. The van der Waals surface area contributed by atoms with E-state index in [1.54, 1.807) is 29.5 Å². The van der Waals surface area contributed by atoms with Crippen LogP contribution in [-0.4, -0.2) is 24.1 Å². The smallest absolute Gasteiger partial charge is 0.269 e. The summed E-state index contributed by atoms with van der Waals surface area (Å²) < 4.78 is 37.0. The lowest BCUT2D eigenvalue weighted by molar-refractivity contribution is -0.679. The Bertz CT molecular complexity index is 2620. The average Bonchev–Trinajstić information content (AvgIpc) is 3.70. The van der Waals surface area contributed by atoms with Crippen LogP contribution in [0, 0.1) is 6.92 Å². The Morgan fingerprint density at radius 3 is 2.11 bits per heavy atom. The third kappa shape index (κ3) is 8.53. The number of anilines is 1. The van der Waals surface area contributed by atoms with E-state index < -0.39 is 10.1 Å². The Kier molecular flexibility index (Phi) is 12.2. The largest absolute Gasteiger partial charge is 0.744 e. The Balaban J connectivity index is 0.000000389. The van der Waals surface area contributed by atoms with E-state index >= 15 is 0 Å². The van der Waals surface area contributed by atoms with Crippen LogP contribution in [0.1, 0.15) is 30.0 Å². The lowest BCUT2D eigenvalue weighted by Crippen LogP contribution is -2.37. The Hall–Kier alpha value is -5.39. The molecule has 0 fully saturated rings. The van der Waals surface area contributed by atoms with Crippen molar-refractivity contribution in [3.8, 4) is 21.7 Å². The second-order valence-corrected chi connectivity index (χ2v) is 15.9. The first-order valence-corrected chi connectivity index (χ1v) is 20.7. The van der Waals surface area contributed by atoms with Crippen molar-refractivity contribution in [2.75, 3.05) is 11.4 Å². The van der Waals surface area contributed by atoms with Gasteiger partial charge in [0.05, 0.1) is 15.5 Å². The number of aryl methyl sites for hydroxylation is 1. The molecule has 0 radical (unpaired) electrons. The molecule has 6 aromatic rings. The minimum Gasteiger partial charge on any atom is -0.744 e. The van der Waals surface area contributed by atoms with Crippen molar-refractivity contribution < 1.29 is 17.5 Å². The molecule has 2 aromatic heterocycles. The normalized spacial score (nSPS) is 13.9. The number of hydrogen-bond donors (Lipinski definition) is 0. The number of benzene rings is 4. The zero-order valence-corrected chi connectivity index (χ0v) is 32.8. The van der Waals surface area contributed by atoms with Gasteiger partial charge in [0.25, 0.3) is 10.6 Å².